The van der Waals surface area contributed by atoms with Crippen LogP contribution >= 0.6 is 11.6 Å². The molecule has 1 rings (SSSR count). The van der Waals surface area contributed by atoms with Crippen molar-refractivity contribution in [1.82, 2.24) is 4.72 Å². The zero-order valence-corrected chi connectivity index (χ0v) is 11.9. The highest BCUT2D eigenvalue weighted by Crippen LogP contribution is 2.22. The minimum atomic E-state index is -4.04. The maximum Gasteiger partial charge on any atom is 0.334 e. The summed E-state index contributed by atoms with van der Waals surface area (Å²) in [6, 6.07) is 5.54. The molecule has 0 amide bonds. The third-order valence-electron chi connectivity index (χ3n) is 2.37. The van der Waals surface area contributed by atoms with Gasteiger partial charge in [-0.3, -0.25) is 0 Å². The standard InChI is InChI=1S/C11H11ClN2O5S/c1-19-9(11(15)16)6-14-20(17,18)10-4-7(5-13)2-3-8(10)12/h2-4,9,14H,6H2,1H3,(H,15,16). The number of rotatable bonds is 6. The number of nitrogens with one attached hydrogen (secondary N) is 1. The van der Waals surface area contributed by atoms with Gasteiger partial charge in [0, 0.05) is 13.7 Å². The fourth-order valence-corrected chi connectivity index (χ4v) is 2.87. The molecule has 2 N–H and O–H groups in total. The largest absolute Gasteiger partial charge is 0.479 e. The number of hydrogen-bond acceptors (Lipinski definition) is 5. The first-order valence-electron chi connectivity index (χ1n) is 5.26. The van der Waals surface area contributed by atoms with Crippen LogP contribution in [0.5, 0.6) is 0 Å². The third kappa shape index (κ3) is 3.91. The molecule has 0 fully saturated rings. The third-order valence-corrected chi connectivity index (χ3v) is 4.27. The van der Waals surface area contributed by atoms with E-state index in [1.54, 1.807) is 6.07 Å². The fourth-order valence-electron chi connectivity index (χ4n) is 1.31. The second kappa shape index (κ2) is 6.67. The first-order chi connectivity index (χ1) is 9.31. The monoisotopic (exact) mass is 318 g/mol. The lowest BCUT2D eigenvalue weighted by molar-refractivity contribution is -0.147. The summed E-state index contributed by atoms with van der Waals surface area (Å²) in [5.41, 5.74) is 0.122. The van der Waals surface area contributed by atoms with Crippen LogP contribution in [0, 0.1) is 11.3 Å². The van der Waals surface area contributed by atoms with Crippen LogP contribution in [0.3, 0.4) is 0 Å². The Morgan fingerprint density at radius 1 is 1.60 bits per heavy atom. The number of halogens is 1. The lowest BCUT2D eigenvalue weighted by Gasteiger charge is -2.12. The number of ether oxygens (including phenoxy) is 1. The Morgan fingerprint density at radius 2 is 2.25 bits per heavy atom. The van der Waals surface area contributed by atoms with Crippen LogP contribution in [-0.4, -0.2) is 39.3 Å². The Bertz CT molecular complexity index is 653. The minimum Gasteiger partial charge on any atom is -0.479 e. The van der Waals surface area contributed by atoms with E-state index in [9.17, 15) is 13.2 Å². The Balaban J connectivity index is 3.00. The van der Waals surface area contributed by atoms with Gasteiger partial charge in [-0.1, -0.05) is 11.6 Å². The summed E-state index contributed by atoms with van der Waals surface area (Å²) in [4.78, 5) is 10.4. The number of nitriles is 1. The van der Waals surface area contributed by atoms with Crippen molar-refractivity contribution in [2.45, 2.75) is 11.0 Å². The molecule has 0 heterocycles. The van der Waals surface area contributed by atoms with Crippen LogP contribution in [0.4, 0.5) is 0 Å². The molecule has 0 aliphatic carbocycles. The second-order valence-electron chi connectivity index (χ2n) is 3.67. The van der Waals surface area contributed by atoms with Gasteiger partial charge in [-0.25, -0.2) is 17.9 Å². The second-order valence-corrected chi connectivity index (χ2v) is 5.81. The predicted octanol–water partition coefficient (Wildman–Crippen LogP) is 0.590. The number of sulfonamides is 1. The van der Waals surface area contributed by atoms with Crippen molar-refractivity contribution in [3.63, 3.8) is 0 Å². The molecule has 1 unspecified atom stereocenters. The Hall–Kier alpha value is -1.66. The van der Waals surface area contributed by atoms with Gasteiger partial charge in [0.25, 0.3) is 0 Å². The maximum atomic E-state index is 12.0. The predicted molar refractivity (Wildman–Crippen MR) is 69.8 cm³/mol. The van der Waals surface area contributed by atoms with Gasteiger partial charge in [-0.2, -0.15) is 5.26 Å². The summed E-state index contributed by atoms with van der Waals surface area (Å²) in [5.74, 6) is -1.30. The lowest BCUT2D eigenvalue weighted by Crippen LogP contribution is -2.37. The summed E-state index contributed by atoms with van der Waals surface area (Å²) in [6.45, 7) is -0.457. The quantitative estimate of drug-likeness (QED) is 0.793. The van der Waals surface area contributed by atoms with E-state index in [-0.39, 0.29) is 15.5 Å². The smallest absolute Gasteiger partial charge is 0.334 e. The van der Waals surface area contributed by atoms with Gasteiger partial charge in [0.1, 0.15) is 4.90 Å². The Kier molecular flexibility index (Phi) is 5.47. The number of carboxylic acids is 1. The Labute approximate surface area is 120 Å². The van der Waals surface area contributed by atoms with Crippen LogP contribution in [0.1, 0.15) is 5.56 Å². The molecule has 0 spiro atoms. The van der Waals surface area contributed by atoms with Gasteiger partial charge in [-0.05, 0) is 18.2 Å². The number of methoxy groups -OCH3 is 1. The van der Waals surface area contributed by atoms with Crippen LogP contribution in [0.15, 0.2) is 23.1 Å². The van der Waals surface area contributed by atoms with E-state index in [2.05, 4.69) is 9.46 Å². The molecule has 9 heteroatoms. The van der Waals surface area contributed by atoms with E-state index in [1.807, 2.05) is 0 Å². The molecule has 1 atom stereocenters. The van der Waals surface area contributed by atoms with Crippen molar-refractivity contribution in [3.05, 3.63) is 28.8 Å². The molecule has 0 aliphatic rings. The number of nitrogens with zero attached hydrogens (tertiary/aromatic N) is 1. The SMILES string of the molecule is COC(CNS(=O)(=O)c1cc(C#N)ccc1Cl)C(=O)O. The summed E-state index contributed by atoms with van der Waals surface area (Å²) < 4.78 is 30.7. The van der Waals surface area contributed by atoms with E-state index in [1.165, 1.54) is 12.1 Å². The first kappa shape index (κ1) is 16.4. The molecule has 0 bridgehead atoms. The summed E-state index contributed by atoms with van der Waals surface area (Å²) in [7, 11) is -2.89. The number of aliphatic carboxylic acids is 1. The van der Waals surface area contributed by atoms with Crippen molar-refractivity contribution >= 4 is 27.6 Å². The molecule has 108 valence electrons. The highest BCUT2D eigenvalue weighted by atomic mass is 35.5. The van der Waals surface area contributed by atoms with Crippen molar-refractivity contribution in [2.75, 3.05) is 13.7 Å². The normalized spacial score (nSPS) is 12.7. The molecule has 1 aromatic carbocycles. The zero-order chi connectivity index (χ0) is 15.3. The molecule has 0 saturated heterocycles. The number of benzene rings is 1. The summed E-state index contributed by atoms with van der Waals surface area (Å²) in [5, 5.41) is 17.4. The Morgan fingerprint density at radius 3 is 2.75 bits per heavy atom. The average Bonchev–Trinajstić information content (AvgIpc) is 2.39. The van der Waals surface area contributed by atoms with Gasteiger partial charge in [0.2, 0.25) is 10.0 Å². The van der Waals surface area contributed by atoms with Gasteiger partial charge >= 0.3 is 5.97 Å². The number of carbonyl (C=O) groups is 1. The molecule has 0 aromatic heterocycles. The summed E-state index contributed by atoms with van der Waals surface area (Å²) in [6.07, 6.45) is -1.32. The van der Waals surface area contributed by atoms with E-state index in [0.717, 1.165) is 13.2 Å². The molecular formula is C11H11ClN2O5S. The molecule has 0 saturated carbocycles. The van der Waals surface area contributed by atoms with Gasteiger partial charge in [0.05, 0.1) is 16.7 Å². The average molecular weight is 319 g/mol. The van der Waals surface area contributed by atoms with Crippen LogP contribution < -0.4 is 4.72 Å². The van der Waals surface area contributed by atoms with Crippen molar-refractivity contribution < 1.29 is 23.1 Å². The molecule has 0 radical (unpaired) electrons. The summed E-state index contributed by atoms with van der Waals surface area (Å²) >= 11 is 5.77. The topological polar surface area (TPSA) is 116 Å². The van der Waals surface area contributed by atoms with Gasteiger partial charge < -0.3 is 9.84 Å². The number of carboxylic acid groups (broad SMARTS) is 1. The molecule has 7 nitrogen and oxygen atoms in total. The maximum absolute atomic E-state index is 12.0. The molecular weight excluding hydrogens is 308 g/mol. The lowest BCUT2D eigenvalue weighted by atomic mass is 10.2. The minimum absolute atomic E-state index is 0.0687. The highest BCUT2D eigenvalue weighted by molar-refractivity contribution is 7.89. The molecule has 0 aliphatic heterocycles. The molecule has 20 heavy (non-hydrogen) atoms. The van der Waals surface area contributed by atoms with Crippen LogP contribution in [0.25, 0.3) is 0 Å². The van der Waals surface area contributed by atoms with Crippen LogP contribution in [-0.2, 0) is 19.6 Å². The first-order valence-corrected chi connectivity index (χ1v) is 7.13. The van der Waals surface area contributed by atoms with E-state index < -0.39 is 28.6 Å². The molecule has 1 aromatic rings. The van der Waals surface area contributed by atoms with Crippen molar-refractivity contribution in [1.29, 1.82) is 5.26 Å². The van der Waals surface area contributed by atoms with Gasteiger partial charge in [-0.15, -0.1) is 0 Å². The van der Waals surface area contributed by atoms with Crippen LogP contribution in [0.2, 0.25) is 5.02 Å². The van der Waals surface area contributed by atoms with Gasteiger partial charge in [0.15, 0.2) is 6.10 Å². The highest BCUT2D eigenvalue weighted by Gasteiger charge is 2.23. The van der Waals surface area contributed by atoms with E-state index in [0.29, 0.717) is 0 Å². The zero-order valence-electron chi connectivity index (χ0n) is 10.3. The number of hydrogen-bond donors (Lipinski definition) is 2. The van der Waals surface area contributed by atoms with E-state index in [4.69, 9.17) is 22.0 Å². The van der Waals surface area contributed by atoms with Crippen molar-refractivity contribution in [2.24, 2.45) is 0 Å². The van der Waals surface area contributed by atoms with E-state index >= 15 is 0 Å². The fraction of sp³-hybridized carbons (Fsp3) is 0.273. The van der Waals surface area contributed by atoms with Crippen molar-refractivity contribution in [3.8, 4) is 6.07 Å².